The minimum absolute atomic E-state index is 0. The third-order valence-corrected chi connectivity index (χ3v) is 8.28. The summed E-state index contributed by atoms with van der Waals surface area (Å²) in [7, 11) is 0. The van der Waals surface area contributed by atoms with E-state index < -0.39 is 17.7 Å². The van der Waals surface area contributed by atoms with Crippen molar-refractivity contribution in [3.8, 4) is 0 Å². The number of hydrogen-bond acceptors (Lipinski definition) is 4. The number of benzene rings is 2. The van der Waals surface area contributed by atoms with Crippen LogP contribution in [-0.4, -0.2) is 48.2 Å². The number of likely N-dealkylation sites (tertiary alicyclic amines) is 1. The lowest BCUT2D eigenvalue weighted by atomic mass is 9.80. The number of nitrogens with one attached hydrogen (secondary N) is 2. The summed E-state index contributed by atoms with van der Waals surface area (Å²) in [6.07, 6.45) is 7.03. The van der Waals surface area contributed by atoms with Crippen LogP contribution in [0.4, 0.5) is 8.78 Å². The number of ketones is 1. The summed E-state index contributed by atoms with van der Waals surface area (Å²) in [4.78, 5) is 41.0. The molecule has 1 saturated carbocycles. The molecule has 6 nitrogen and oxygen atoms in total. The monoisotopic (exact) mass is 557 g/mol. The molecule has 2 aromatic rings. The van der Waals surface area contributed by atoms with Crippen LogP contribution < -0.4 is 10.6 Å². The average Bonchev–Trinajstić information content (AvgIpc) is 2.97. The molecule has 1 heterocycles. The van der Waals surface area contributed by atoms with Gasteiger partial charge in [-0.25, -0.2) is 8.78 Å². The highest BCUT2D eigenvalue weighted by molar-refractivity contribution is 5.98. The Kier molecular flexibility index (Phi) is 10.4. The predicted molar refractivity (Wildman–Crippen MR) is 155 cm³/mol. The topological polar surface area (TPSA) is 78.5 Å². The zero-order valence-corrected chi connectivity index (χ0v) is 23.6. The molecule has 0 spiro atoms. The zero-order chi connectivity index (χ0) is 28.6. The number of Topliss-reactive ketones (excluding diaryl/α,β-unsaturated/α-hetero) is 1. The lowest BCUT2D eigenvalue weighted by molar-refractivity contribution is -0.131. The minimum atomic E-state index is -0.638. The van der Waals surface area contributed by atoms with Gasteiger partial charge in [0.05, 0.1) is 12.6 Å². The summed E-state index contributed by atoms with van der Waals surface area (Å²) >= 11 is 0. The molecule has 0 bridgehead atoms. The van der Waals surface area contributed by atoms with Crippen LogP contribution in [0.1, 0.15) is 89.0 Å². The van der Waals surface area contributed by atoms with E-state index in [-0.39, 0.29) is 51.3 Å². The molecule has 2 fully saturated rings. The molecule has 220 valence electrons. The summed E-state index contributed by atoms with van der Waals surface area (Å²) in [6, 6.07) is 10.5. The van der Waals surface area contributed by atoms with Crippen LogP contribution in [0.25, 0.3) is 0 Å². The van der Waals surface area contributed by atoms with Gasteiger partial charge in [-0.15, -0.1) is 0 Å². The van der Waals surface area contributed by atoms with E-state index in [1.165, 1.54) is 18.6 Å². The Morgan fingerprint density at radius 2 is 1.77 bits per heavy atom. The van der Waals surface area contributed by atoms with E-state index in [4.69, 9.17) is 0 Å². The molecule has 2 aromatic carbocycles. The van der Waals surface area contributed by atoms with Crippen LogP contribution in [0, 0.1) is 23.5 Å². The first-order chi connectivity index (χ1) is 19.2. The molecule has 0 unspecified atom stereocenters. The fraction of sp³-hybridized carbons (Fsp3) is 0.531. The summed E-state index contributed by atoms with van der Waals surface area (Å²) < 4.78 is 27.0. The molecule has 4 rings (SSSR count). The molecule has 0 aromatic heterocycles. The van der Waals surface area contributed by atoms with Crippen molar-refractivity contribution in [3.63, 3.8) is 0 Å². The van der Waals surface area contributed by atoms with Gasteiger partial charge in [0.2, 0.25) is 5.91 Å². The molecular formula is C32H45F2N3O3. The number of hydrogen-bond donors (Lipinski definition) is 2. The van der Waals surface area contributed by atoms with Gasteiger partial charge in [-0.1, -0.05) is 51.3 Å². The van der Waals surface area contributed by atoms with E-state index in [9.17, 15) is 23.2 Å². The first-order valence-corrected chi connectivity index (χ1v) is 14.6. The number of halogens is 2. The van der Waals surface area contributed by atoms with E-state index >= 15 is 0 Å². The Morgan fingerprint density at radius 3 is 2.50 bits per heavy atom. The van der Waals surface area contributed by atoms with Crippen LogP contribution >= 0.6 is 0 Å². The van der Waals surface area contributed by atoms with Crippen molar-refractivity contribution in [2.24, 2.45) is 11.8 Å². The first-order valence-electron chi connectivity index (χ1n) is 14.6. The molecule has 2 atom stereocenters. The number of piperidine rings is 1. The molecule has 0 radical (unpaired) electrons. The molecule has 1 aliphatic heterocycles. The number of carbonyl (C=O) groups is 3. The van der Waals surface area contributed by atoms with E-state index in [0.717, 1.165) is 50.2 Å². The summed E-state index contributed by atoms with van der Waals surface area (Å²) in [5, 5.41) is 6.04. The molecule has 2 aliphatic rings. The Hall–Kier alpha value is -3.13. The fourth-order valence-electron chi connectivity index (χ4n) is 5.96. The maximum atomic E-state index is 13.9. The van der Waals surface area contributed by atoms with Crippen LogP contribution in [0.5, 0.6) is 0 Å². The predicted octanol–water partition coefficient (Wildman–Crippen LogP) is 5.86. The van der Waals surface area contributed by atoms with Gasteiger partial charge in [-0.3, -0.25) is 14.4 Å². The average molecular weight is 558 g/mol. The highest BCUT2D eigenvalue weighted by Crippen LogP contribution is 2.30. The van der Waals surface area contributed by atoms with E-state index in [1.807, 2.05) is 32.0 Å². The van der Waals surface area contributed by atoms with Gasteiger partial charge in [-0.05, 0) is 55.4 Å². The number of carbonyl (C=O) groups excluding carboxylic acids is 3. The lowest BCUT2D eigenvalue weighted by Crippen LogP contribution is -2.48. The van der Waals surface area contributed by atoms with Crippen LogP contribution in [0.2, 0.25) is 0 Å². The quantitative estimate of drug-likeness (QED) is 0.384. The number of nitrogens with zero attached hydrogens (tertiary/aromatic N) is 1. The Bertz CT molecular complexity index is 1210. The van der Waals surface area contributed by atoms with Crippen molar-refractivity contribution >= 4 is 17.6 Å². The first kappa shape index (κ1) is 29.8. The van der Waals surface area contributed by atoms with Crippen molar-refractivity contribution in [3.05, 3.63) is 70.8 Å². The SMILES string of the molecule is CC(C)C(=O)[C@H](NC(=O)c1cccc([C@H]2CCCN(C(=O)CNCc3ccc(F)cc3F)C2)c1)C1CCCCC1.[HH].[HH]. The standard InChI is InChI=1S/C32H41F2N3O3.2H2/c1-21(2)31(39)30(22-8-4-3-5-9-22)36-32(40)24-11-6-10-23(16-24)26-12-7-15-37(20-26)29(38)19-35-18-25-13-14-27(33)17-28(25)34;;/h6,10-11,13-14,16-17,21-22,26,30,35H,3-5,7-9,12,15,18-20H2,1-2H3,(H,36,40);2*1H/t26-,30+;;/m0../s1. The highest BCUT2D eigenvalue weighted by Gasteiger charge is 2.32. The van der Waals surface area contributed by atoms with Crippen LogP contribution in [0.15, 0.2) is 42.5 Å². The van der Waals surface area contributed by atoms with Crippen LogP contribution in [0.3, 0.4) is 0 Å². The molecule has 40 heavy (non-hydrogen) atoms. The molecule has 2 N–H and O–H groups in total. The van der Waals surface area contributed by atoms with Gasteiger partial charge >= 0.3 is 0 Å². The van der Waals surface area contributed by atoms with E-state index in [1.54, 1.807) is 11.0 Å². The minimum Gasteiger partial charge on any atom is -0.342 e. The second-order valence-corrected chi connectivity index (χ2v) is 11.5. The molecule has 1 aliphatic carbocycles. The van der Waals surface area contributed by atoms with Gasteiger partial charge in [0.15, 0.2) is 5.78 Å². The number of rotatable bonds is 10. The maximum Gasteiger partial charge on any atom is 0.251 e. The van der Waals surface area contributed by atoms with Crippen LogP contribution in [-0.2, 0) is 16.1 Å². The summed E-state index contributed by atoms with van der Waals surface area (Å²) in [5.74, 6) is -1.36. The van der Waals surface area contributed by atoms with E-state index in [2.05, 4.69) is 10.6 Å². The van der Waals surface area contributed by atoms with Gasteiger partial charge < -0.3 is 15.5 Å². The normalized spacial score (nSPS) is 18.9. The number of amides is 2. The molecule has 2 amide bonds. The smallest absolute Gasteiger partial charge is 0.251 e. The summed E-state index contributed by atoms with van der Waals surface area (Å²) in [6.45, 7) is 5.14. The summed E-state index contributed by atoms with van der Waals surface area (Å²) in [5.41, 5.74) is 1.83. The molecule has 8 heteroatoms. The van der Waals surface area contributed by atoms with Gasteiger partial charge in [0.1, 0.15) is 11.6 Å². The largest absolute Gasteiger partial charge is 0.342 e. The van der Waals surface area contributed by atoms with Gasteiger partial charge in [0, 0.05) is 51.5 Å². The molecular weight excluding hydrogens is 512 g/mol. The van der Waals surface area contributed by atoms with E-state index in [0.29, 0.717) is 24.2 Å². The Labute approximate surface area is 238 Å². The van der Waals surface area contributed by atoms with Crippen molar-refractivity contribution in [2.75, 3.05) is 19.6 Å². The third kappa shape index (κ3) is 7.74. The Balaban J connectivity index is 0.00000308. The lowest BCUT2D eigenvalue weighted by Gasteiger charge is -2.33. The van der Waals surface area contributed by atoms with Crippen molar-refractivity contribution < 1.29 is 26.0 Å². The van der Waals surface area contributed by atoms with Crippen molar-refractivity contribution in [2.45, 2.75) is 77.3 Å². The van der Waals surface area contributed by atoms with Gasteiger partial charge in [0.25, 0.3) is 5.91 Å². The second kappa shape index (κ2) is 14.0. The Morgan fingerprint density at radius 1 is 1.00 bits per heavy atom. The third-order valence-electron chi connectivity index (χ3n) is 8.28. The van der Waals surface area contributed by atoms with Crippen molar-refractivity contribution in [1.82, 2.24) is 15.5 Å². The highest BCUT2D eigenvalue weighted by atomic mass is 19.1. The second-order valence-electron chi connectivity index (χ2n) is 11.5. The molecule has 1 saturated heterocycles. The zero-order valence-electron chi connectivity index (χ0n) is 23.6. The fourth-order valence-corrected chi connectivity index (χ4v) is 5.96. The maximum absolute atomic E-state index is 13.9. The van der Waals surface area contributed by atoms with Crippen molar-refractivity contribution in [1.29, 1.82) is 0 Å². The van der Waals surface area contributed by atoms with Gasteiger partial charge in [-0.2, -0.15) is 0 Å².